The second kappa shape index (κ2) is 11.1. The van der Waals surface area contributed by atoms with Crippen molar-refractivity contribution in [1.29, 1.82) is 0 Å². The maximum absolute atomic E-state index is 13.8. The van der Waals surface area contributed by atoms with Gasteiger partial charge in [0.2, 0.25) is 0 Å². The van der Waals surface area contributed by atoms with Gasteiger partial charge in [-0.25, -0.2) is 4.79 Å². The fourth-order valence-corrected chi connectivity index (χ4v) is 5.48. The number of pyridine rings is 1. The van der Waals surface area contributed by atoms with E-state index in [4.69, 9.17) is 9.72 Å². The Labute approximate surface area is 225 Å². The van der Waals surface area contributed by atoms with Crippen LogP contribution in [0, 0.1) is 5.92 Å². The number of rotatable bonds is 5. The fraction of sp³-hybridized carbons (Fsp3) is 0.406. The van der Waals surface area contributed by atoms with Gasteiger partial charge in [0.1, 0.15) is 5.60 Å². The number of aryl methyl sites for hydroxylation is 1. The molecule has 1 aromatic heterocycles. The third-order valence-corrected chi connectivity index (χ3v) is 7.40. The number of fused-ring (bicyclic) bond motifs is 2. The van der Waals surface area contributed by atoms with Crippen LogP contribution >= 0.6 is 0 Å². The summed E-state index contributed by atoms with van der Waals surface area (Å²) in [5.74, 6) is 0.551. The van der Waals surface area contributed by atoms with E-state index < -0.39 is 11.7 Å². The quantitative estimate of drug-likeness (QED) is 0.376. The largest absolute Gasteiger partial charge is 0.444 e. The van der Waals surface area contributed by atoms with Crippen LogP contribution in [-0.4, -0.2) is 40.5 Å². The van der Waals surface area contributed by atoms with Crippen LogP contribution < -0.4 is 5.32 Å². The zero-order chi connectivity index (χ0) is 26.7. The highest BCUT2D eigenvalue weighted by Crippen LogP contribution is 2.36. The van der Waals surface area contributed by atoms with Gasteiger partial charge in [0.15, 0.2) is 5.78 Å². The number of carbonyl (C=O) groups excluding carboxylic acids is 2. The van der Waals surface area contributed by atoms with E-state index in [9.17, 15) is 9.59 Å². The number of piperidine rings is 1. The molecule has 2 heterocycles. The van der Waals surface area contributed by atoms with E-state index in [-0.39, 0.29) is 5.78 Å². The number of para-hydroxylation sites is 1. The number of aromatic nitrogens is 1. The summed E-state index contributed by atoms with van der Waals surface area (Å²) in [5.41, 5.74) is 4.06. The first kappa shape index (κ1) is 26.1. The third kappa shape index (κ3) is 6.13. The van der Waals surface area contributed by atoms with Gasteiger partial charge in [-0.15, -0.1) is 0 Å². The maximum atomic E-state index is 13.8. The molecule has 1 saturated heterocycles. The molecule has 5 rings (SSSR count). The number of ketones is 1. The van der Waals surface area contributed by atoms with Crippen molar-refractivity contribution in [3.05, 3.63) is 83.1 Å². The fourth-order valence-electron chi connectivity index (χ4n) is 5.48. The Kier molecular flexibility index (Phi) is 7.61. The highest BCUT2D eigenvalue weighted by molar-refractivity contribution is 6.19. The van der Waals surface area contributed by atoms with Crippen LogP contribution in [0.3, 0.4) is 0 Å². The molecule has 6 heteroatoms. The normalized spacial score (nSPS) is 18.0. The van der Waals surface area contributed by atoms with E-state index >= 15 is 0 Å². The number of benzene rings is 2. The molecule has 1 aliphatic heterocycles. The third-order valence-electron chi connectivity index (χ3n) is 7.40. The number of allylic oxidation sites excluding steroid dienone is 2. The van der Waals surface area contributed by atoms with Crippen LogP contribution in [0.5, 0.6) is 0 Å². The smallest absolute Gasteiger partial charge is 0.412 e. The number of Topliss-reactive ketones (excluding diaryl/α,β-unsaturated/α-hetero) is 1. The first-order chi connectivity index (χ1) is 18.3. The predicted molar refractivity (Wildman–Crippen MR) is 151 cm³/mol. The van der Waals surface area contributed by atoms with Crippen LogP contribution in [-0.2, 0) is 17.7 Å². The lowest BCUT2D eigenvalue weighted by Crippen LogP contribution is -2.33. The van der Waals surface area contributed by atoms with Gasteiger partial charge >= 0.3 is 6.09 Å². The maximum Gasteiger partial charge on any atom is 0.412 e. The summed E-state index contributed by atoms with van der Waals surface area (Å²) in [4.78, 5) is 33.8. The van der Waals surface area contributed by atoms with E-state index in [0.717, 1.165) is 61.1 Å². The molecule has 3 aromatic rings. The molecule has 1 aliphatic carbocycles. The van der Waals surface area contributed by atoms with Crippen LogP contribution in [0.4, 0.5) is 10.5 Å². The molecule has 0 bridgehead atoms. The second-order valence-corrected chi connectivity index (χ2v) is 11.5. The lowest BCUT2D eigenvalue weighted by atomic mass is 9.85. The number of ether oxygens (including phenoxy) is 1. The molecule has 0 spiro atoms. The number of likely N-dealkylation sites (tertiary alicyclic amines) is 1. The van der Waals surface area contributed by atoms with Gasteiger partial charge in [0.25, 0.3) is 0 Å². The Balaban J connectivity index is 1.31. The Hall–Kier alpha value is -3.51. The highest BCUT2D eigenvalue weighted by Gasteiger charge is 2.30. The van der Waals surface area contributed by atoms with Crippen molar-refractivity contribution >= 4 is 28.5 Å². The Morgan fingerprint density at radius 2 is 1.76 bits per heavy atom. The molecule has 2 aromatic carbocycles. The minimum atomic E-state index is -0.640. The standard InChI is InChI=1S/C32H37N3O3/c1-32(2,3)38-31(37)34-29-25-11-7-8-12-26(25)33-27-16-15-24(30(36)28(27)29)14-13-22-17-19-35(20-18-22)21-23-9-5-4-6-10-23/h4-12,14,22H,13,15-21H2,1-3H3,(H,33,34,37)/b24-14-. The van der Waals surface area contributed by atoms with Gasteiger partial charge in [0, 0.05) is 11.9 Å². The van der Waals surface area contributed by atoms with Crippen molar-refractivity contribution in [1.82, 2.24) is 9.88 Å². The van der Waals surface area contributed by atoms with E-state index in [0.29, 0.717) is 30.0 Å². The Morgan fingerprint density at radius 1 is 1.05 bits per heavy atom. The van der Waals surface area contributed by atoms with E-state index in [1.807, 2.05) is 45.0 Å². The average Bonchev–Trinajstić information content (AvgIpc) is 2.88. The predicted octanol–water partition coefficient (Wildman–Crippen LogP) is 6.94. The molecule has 1 fully saturated rings. The summed E-state index contributed by atoms with van der Waals surface area (Å²) in [6.07, 6.45) is 6.12. The highest BCUT2D eigenvalue weighted by atomic mass is 16.6. The molecule has 0 atom stereocenters. The Morgan fingerprint density at radius 3 is 2.50 bits per heavy atom. The zero-order valence-electron chi connectivity index (χ0n) is 22.6. The monoisotopic (exact) mass is 511 g/mol. The summed E-state index contributed by atoms with van der Waals surface area (Å²) < 4.78 is 5.52. The summed E-state index contributed by atoms with van der Waals surface area (Å²) >= 11 is 0. The number of hydrogen-bond acceptors (Lipinski definition) is 5. The van der Waals surface area contributed by atoms with Crippen molar-refractivity contribution in [3.8, 4) is 0 Å². The average molecular weight is 512 g/mol. The molecule has 0 radical (unpaired) electrons. The van der Waals surface area contributed by atoms with Crippen molar-refractivity contribution in [3.63, 3.8) is 0 Å². The molecular formula is C32H37N3O3. The topological polar surface area (TPSA) is 71.5 Å². The summed E-state index contributed by atoms with van der Waals surface area (Å²) in [6, 6.07) is 18.2. The van der Waals surface area contributed by atoms with Gasteiger partial charge in [-0.2, -0.15) is 0 Å². The van der Waals surface area contributed by atoms with Gasteiger partial charge in [-0.1, -0.05) is 54.6 Å². The van der Waals surface area contributed by atoms with Crippen LogP contribution in [0.2, 0.25) is 0 Å². The summed E-state index contributed by atoms with van der Waals surface area (Å²) in [7, 11) is 0. The molecule has 0 saturated carbocycles. The number of nitrogens with zero attached hydrogens (tertiary/aromatic N) is 2. The van der Waals surface area contributed by atoms with Crippen LogP contribution in [0.15, 0.2) is 66.2 Å². The van der Waals surface area contributed by atoms with Gasteiger partial charge in [-0.3, -0.25) is 20.0 Å². The van der Waals surface area contributed by atoms with Crippen molar-refractivity contribution in [2.45, 2.75) is 65.0 Å². The van der Waals surface area contributed by atoms with Crippen molar-refractivity contribution in [2.75, 3.05) is 18.4 Å². The minimum Gasteiger partial charge on any atom is -0.444 e. The number of carbonyl (C=O) groups is 2. The molecule has 1 N–H and O–H groups in total. The van der Waals surface area contributed by atoms with Gasteiger partial charge < -0.3 is 4.74 Å². The number of nitrogens with one attached hydrogen (secondary N) is 1. The molecule has 38 heavy (non-hydrogen) atoms. The summed E-state index contributed by atoms with van der Waals surface area (Å²) in [5, 5.41) is 3.64. The number of hydrogen-bond donors (Lipinski definition) is 1. The Bertz CT molecular complexity index is 1350. The van der Waals surface area contributed by atoms with Crippen molar-refractivity contribution < 1.29 is 14.3 Å². The second-order valence-electron chi connectivity index (χ2n) is 11.5. The minimum absolute atomic E-state index is 0.0305. The number of amides is 1. The molecule has 0 unspecified atom stereocenters. The molecule has 6 nitrogen and oxygen atoms in total. The molecular weight excluding hydrogens is 474 g/mol. The van der Waals surface area contributed by atoms with Gasteiger partial charge in [0.05, 0.1) is 22.5 Å². The first-order valence-electron chi connectivity index (χ1n) is 13.7. The van der Waals surface area contributed by atoms with E-state index in [1.165, 1.54) is 5.56 Å². The van der Waals surface area contributed by atoms with Crippen LogP contribution in [0.25, 0.3) is 10.9 Å². The lowest BCUT2D eigenvalue weighted by Gasteiger charge is -2.31. The van der Waals surface area contributed by atoms with Crippen molar-refractivity contribution in [2.24, 2.45) is 5.92 Å². The first-order valence-corrected chi connectivity index (χ1v) is 13.7. The lowest BCUT2D eigenvalue weighted by molar-refractivity contribution is 0.0636. The van der Waals surface area contributed by atoms with E-state index in [2.05, 4.69) is 46.6 Å². The SMILES string of the molecule is CC(C)(C)OC(=O)Nc1c2c(nc3ccccc13)CC/C(=C/CC1CCN(Cc3ccccc3)CC1)C2=O. The summed E-state index contributed by atoms with van der Waals surface area (Å²) in [6.45, 7) is 8.64. The molecule has 2 aliphatic rings. The van der Waals surface area contributed by atoms with E-state index in [1.54, 1.807) is 0 Å². The molecule has 1 amide bonds. The zero-order valence-corrected chi connectivity index (χ0v) is 22.6. The molecule has 198 valence electrons. The van der Waals surface area contributed by atoms with Crippen LogP contribution in [0.1, 0.15) is 68.1 Å². The van der Waals surface area contributed by atoms with Gasteiger partial charge in [-0.05, 0) is 89.1 Å². The number of anilines is 1.